The predicted molar refractivity (Wildman–Crippen MR) is 69.4 cm³/mol. The number of hydrazine groups is 1. The maximum absolute atomic E-state index is 6.12. The summed E-state index contributed by atoms with van der Waals surface area (Å²) in [7, 11) is 3.10. The van der Waals surface area contributed by atoms with E-state index in [-0.39, 0.29) is 6.04 Å². The Morgan fingerprint density at radius 3 is 2.47 bits per heavy atom. The lowest BCUT2D eigenvalue weighted by Gasteiger charge is -2.19. The lowest BCUT2D eigenvalue weighted by Crippen LogP contribution is -2.28. The highest BCUT2D eigenvalue weighted by Crippen LogP contribution is 2.38. The van der Waals surface area contributed by atoms with Crippen LogP contribution in [-0.4, -0.2) is 14.2 Å². The maximum atomic E-state index is 6.12. The quantitative estimate of drug-likeness (QED) is 0.483. The average molecular weight is 257 g/mol. The minimum atomic E-state index is -0.174. The second-order valence-electron chi connectivity index (χ2n) is 3.68. The van der Waals surface area contributed by atoms with Crippen molar-refractivity contribution < 1.29 is 9.47 Å². The number of halogens is 1. The highest BCUT2D eigenvalue weighted by molar-refractivity contribution is 6.32. The molecule has 1 rings (SSSR count). The number of hydrogen-bond donors (Lipinski definition) is 2. The van der Waals surface area contributed by atoms with Crippen LogP contribution in [0.25, 0.3) is 0 Å². The first kappa shape index (κ1) is 13.8. The number of rotatable bonds is 5. The Labute approximate surface area is 106 Å². The average Bonchev–Trinajstić information content (AvgIpc) is 2.28. The fraction of sp³-hybridized carbons (Fsp3) is 0.333. The van der Waals surface area contributed by atoms with Gasteiger partial charge >= 0.3 is 0 Å². The van der Waals surface area contributed by atoms with E-state index in [1.54, 1.807) is 20.3 Å². The Hall–Kier alpha value is -1.23. The molecule has 0 aliphatic rings. The van der Waals surface area contributed by atoms with Crippen molar-refractivity contribution in [1.82, 2.24) is 5.43 Å². The zero-order chi connectivity index (χ0) is 13.0. The Kier molecular flexibility index (Phi) is 4.81. The van der Waals surface area contributed by atoms with Crippen molar-refractivity contribution in [2.75, 3.05) is 14.2 Å². The third-order valence-electron chi connectivity index (χ3n) is 2.45. The first-order valence-corrected chi connectivity index (χ1v) is 5.45. The van der Waals surface area contributed by atoms with Crippen molar-refractivity contribution >= 4 is 11.6 Å². The van der Waals surface area contributed by atoms with Crippen molar-refractivity contribution in [3.8, 4) is 11.5 Å². The zero-order valence-electron chi connectivity index (χ0n) is 10.2. The van der Waals surface area contributed by atoms with E-state index >= 15 is 0 Å². The van der Waals surface area contributed by atoms with Crippen LogP contribution < -0.4 is 20.7 Å². The zero-order valence-corrected chi connectivity index (χ0v) is 11.0. The topological polar surface area (TPSA) is 56.5 Å². The summed E-state index contributed by atoms with van der Waals surface area (Å²) in [6, 6.07) is 3.43. The van der Waals surface area contributed by atoms with Crippen LogP contribution in [-0.2, 0) is 0 Å². The first-order chi connectivity index (χ1) is 8.04. The standard InChI is InChI=1S/C12H17ClN2O2/c1-7(2)11(15-14)8-5-9(13)12(17-4)10(6-8)16-3/h5-6,11,15H,1,14H2,2-4H3. The lowest BCUT2D eigenvalue weighted by atomic mass is 10.0. The molecule has 0 amide bonds. The Morgan fingerprint density at radius 2 is 2.06 bits per heavy atom. The molecule has 3 N–H and O–H groups in total. The van der Waals surface area contributed by atoms with Gasteiger partial charge in [0, 0.05) is 0 Å². The molecule has 0 fully saturated rings. The minimum absolute atomic E-state index is 0.174. The maximum Gasteiger partial charge on any atom is 0.179 e. The van der Waals surface area contributed by atoms with Gasteiger partial charge < -0.3 is 9.47 Å². The van der Waals surface area contributed by atoms with Crippen molar-refractivity contribution in [2.45, 2.75) is 13.0 Å². The monoisotopic (exact) mass is 256 g/mol. The van der Waals surface area contributed by atoms with Gasteiger partial charge in [0.1, 0.15) is 0 Å². The molecule has 0 radical (unpaired) electrons. The molecular formula is C12H17ClN2O2. The van der Waals surface area contributed by atoms with Crippen molar-refractivity contribution in [3.05, 3.63) is 34.9 Å². The molecule has 0 aliphatic heterocycles. The third kappa shape index (κ3) is 2.91. The summed E-state index contributed by atoms with van der Waals surface area (Å²) in [5.41, 5.74) is 4.44. The van der Waals surface area contributed by atoms with Crippen molar-refractivity contribution in [2.24, 2.45) is 5.84 Å². The molecule has 4 nitrogen and oxygen atoms in total. The summed E-state index contributed by atoms with van der Waals surface area (Å²) >= 11 is 6.12. The molecular weight excluding hydrogens is 240 g/mol. The largest absolute Gasteiger partial charge is 0.493 e. The molecule has 0 saturated carbocycles. The molecule has 5 heteroatoms. The van der Waals surface area contributed by atoms with Crippen LogP contribution in [0.5, 0.6) is 11.5 Å². The van der Waals surface area contributed by atoms with Crippen LogP contribution in [0.1, 0.15) is 18.5 Å². The molecule has 1 aromatic carbocycles. The van der Waals surface area contributed by atoms with Gasteiger partial charge in [0.15, 0.2) is 11.5 Å². The van der Waals surface area contributed by atoms with E-state index in [1.807, 2.05) is 13.0 Å². The van der Waals surface area contributed by atoms with Gasteiger partial charge in [-0.25, -0.2) is 5.43 Å². The summed E-state index contributed by atoms with van der Waals surface area (Å²) in [5, 5.41) is 0.475. The van der Waals surface area contributed by atoms with Crippen LogP contribution in [0.2, 0.25) is 5.02 Å². The van der Waals surface area contributed by atoms with E-state index < -0.39 is 0 Å². The van der Waals surface area contributed by atoms with Gasteiger partial charge in [0.25, 0.3) is 0 Å². The van der Waals surface area contributed by atoms with E-state index in [0.29, 0.717) is 16.5 Å². The van der Waals surface area contributed by atoms with Crippen molar-refractivity contribution in [3.63, 3.8) is 0 Å². The van der Waals surface area contributed by atoms with E-state index in [4.69, 9.17) is 26.9 Å². The highest BCUT2D eigenvalue weighted by atomic mass is 35.5. The number of benzene rings is 1. The fourth-order valence-electron chi connectivity index (χ4n) is 1.63. The number of nitrogens with one attached hydrogen (secondary N) is 1. The number of ether oxygens (including phenoxy) is 2. The van der Waals surface area contributed by atoms with E-state index in [1.165, 1.54) is 0 Å². The Bertz CT molecular complexity index is 421. The Balaban J connectivity index is 3.27. The van der Waals surface area contributed by atoms with E-state index in [9.17, 15) is 0 Å². The molecule has 1 aromatic rings. The summed E-state index contributed by atoms with van der Waals surface area (Å²) in [6.07, 6.45) is 0. The lowest BCUT2D eigenvalue weighted by molar-refractivity contribution is 0.354. The molecule has 1 unspecified atom stereocenters. The van der Waals surface area contributed by atoms with Gasteiger partial charge in [0.2, 0.25) is 0 Å². The molecule has 94 valence electrons. The SMILES string of the molecule is C=C(C)C(NN)c1cc(Cl)c(OC)c(OC)c1. The molecule has 0 bridgehead atoms. The van der Waals surface area contributed by atoms with E-state index in [2.05, 4.69) is 12.0 Å². The van der Waals surface area contributed by atoms with Gasteiger partial charge in [-0.15, -0.1) is 0 Å². The van der Waals surface area contributed by atoms with Crippen LogP contribution in [0.3, 0.4) is 0 Å². The second-order valence-corrected chi connectivity index (χ2v) is 4.09. The normalized spacial score (nSPS) is 12.1. The fourth-order valence-corrected chi connectivity index (χ4v) is 1.92. The van der Waals surface area contributed by atoms with Gasteiger partial charge in [-0.3, -0.25) is 5.84 Å². The summed E-state index contributed by atoms with van der Waals surface area (Å²) < 4.78 is 10.4. The molecule has 0 aliphatic carbocycles. The third-order valence-corrected chi connectivity index (χ3v) is 2.73. The molecule has 0 saturated heterocycles. The van der Waals surface area contributed by atoms with Crippen LogP contribution in [0.4, 0.5) is 0 Å². The van der Waals surface area contributed by atoms with Crippen molar-refractivity contribution in [1.29, 1.82) is 0 Å². The predicted octanol–water partition coefficient (Wildman–Crippen LogP) is 2.44. The summed E-state index contributed by atoms with van der Waals surface area (Å²) in [6.45, 7) is 5.76. The first-order valence-electron chi connectivity index (χ1n) is 5.08. The smallest absolute Gasteiger partial charge is 0.179 e. The minimum Gasteiger partial charge on any atom is -0.493 e. The number of nitrogens with two attached hydrogens (primary N) is 1. The number of hydrogen-bond acceptors (Lipinski definition) is 4. The molecule has 17 heavy (non-hydrogen) atoms. The molecule has 0 heterocycles. The number of methoxy groups -OCH3 is 2. The van der Waals surface area contributed by atoms with Gasteiger partial charge in [-0.1, -0.05) is 23.8 Å². The molecule has 0 aromatic heterocycles. The second kappa shape index (κ2) is 5.91. The summed E-state index contributed by atoms with van der Waals surface area (Å²) in [5.74, 6) is 6.57. The van der Waals surface area contributed by atoms with Crippen LogP contribution in [0.15, 0.2) is 24.3 Å². The van der Waals surface area contributed by atoms with Gasteiger partial charge in [0.05, 0.1) is 25.3 Å². The Morgan fingerprint density at radius 1 is 1.41 bits per heavy atom. The highest BCUT2D eigenvalue weighted by Gasteiger charge is 2.16. The molecule has 1 atom stereocenters. The van der Waals surface area contributed by atoms with Gasteiger partial charge in [-0.2, -0.15) is 0 Å². The van der Waals surface area contributed by atoms with E-state index in [0.717, 1.165) is 11.1 Å². The van der Waals surface area contributed by atoms with Crippen LogP contribution in [0, 0.1) is 0 Å². The van der Waals surface area contributed by atoms with Gasteiger partial charge in [-0.05, 0) is 24.6 Å². The summed E-state index contributed by atoms with van der Waals surface area (Å²) in [4.78, 5) is 0. The molecule has 0 spiro atoms. The van der Waals surface area contributed by atoms with Crippen LogP contribution >= 0.6 is 11.6 Å².